The third-order valence-electron chi connectivity index (χ3n) is 4.15. The first-order valence-corrected chi connectivity index (χ1v) is 7.69. The van der Waals surface area contributed by atoms with E-state index in [1.54, 1.807) is 0 Å². The van der Waals surface area contributed by atoms with Gasteiger partial charge in [0.1, 0.15) is 5.75 Å². The SMILES string of the molecule is CC(CC(Cl)c1cc(Cl)cc2c1OCC2)C(C)(C)C. The van der Waals surface area contributed by atoms with Gasteiger partial charge >= 0.3 is 0 Å². The standard InChI is InChI=1S/C16H22Cl2O/c1-10(16(2,3)4)7-14(18)13-9-12(17)8-11-5-6-19-15(11)13/h8-10,14H,5-7H2,1-4H3. The summed E-state index contributed by atoms with van der Waals surface area (Å²) < 4.78 is 5.73. The lowest BCUT2D eigenvalue weighted by Crippen LogP contribution is -2.18. The molecular formula is C16H22Cl2O. The highest BCUT2D eigenvalue weighted by molar-refractivity contribution is 6.31. The highest BCUT2D eigenvalue weighted by Gasteiger charge is 2.27. The molecule has 19 heavy (non-hydrogen) atoms. The summed E-state index contributed by atoms with van der Waals surface area (Å²) in [6.07, 6.45) is 1.86. The quantitative estimate of drug-likeness (QED) is 0.658. The molecule has 2 unspecified atom stereocenters. The largest absolute Gasteiger partial charge is 0.493 e. The molecular weight excluding hydrogens is 279 g/mol. The topological polar surface area (TPSA) is 9.23 Å². The number of rotatable bonds is 3. The van der Waals surface area contributed by atoms with Gasteiger partial charge in [0, 0.05) is 17.0 Å². The summed E-state index contributed by atoms with van der Waals surface area (Å²) in [7, 11) is 0. The minimum atomic E-state index is -0.0419. The van der Waals surface area contributed by atoms with E-state index in [9.17, 15) is 0 Å². The number of alkyl halides is 1. The maximum atomic E-state index is 6.62. The van der Waals surface area contributed by atoms with E-state index in [4.69, 9.17) is 27.9 Å². The fraction of sp³-hybridized carbons (Fsp3) is 0.625. The molecule has 1 aliphatic heterocycles. The molecule has 0 saturated heterocycles. The van der Waals surface area contributed by atoms with Crippen molar-refractivity contribution in [2.75, 3.05) is 6.61 Å². The summed E-state index contributed by atoms with van der Waals surface area (Å²) >= 11 is 12.8. The molecule has 0 saturated carbocycles. The second-order valence-corrected chi connectivity index (χ2v) is 7.52. The number of hydrogen-bond donors (Lipinski definition) is 0. The average Bonchev–Trinajstić information content (AvgIpc) is 2.74. The lowest BCUT2D eigenvalue weighted by molar-refractivity contribution is 0.244. The normalized spacial score (nSPS) is 17.8. The summed E-state index contributed by atoms with van der Waals surface area (Å²) in [5.41, 5.74) is 2.50. The monoisotopic (exact) mass is 300 g/mol. The smallest absolute Gasteiger partial charge is 0.127 e. The Morgan fingerprint density at radius 1 is 1.32 bits per heavy atom. The molecule has 0 spiro atoms. The molecule has 0 radical (unpaired) electrons. The van der Waals surface area contributed by atoms with Gasteiger partial charge in [-0.15, -0.1) is 11.6 Å². The van der Waals surface area contributed by atoms with Crippen LogP contribution in [0, 0.1) is 11.3 Å². The van der Waals surface area contributed by atoms with Gasteiger partial charge in [0.05, 0.1) is 12.0 Å². The van der Waals surface area contributed by atoms with E-state index in [0.717, 1.165) is 35.8 Å². The highest BCUT2D eigenvalue weighted by Crippen LogP contribution is 2.43. The van der Waals surface area contributed by atoms with Gasteiger partial charge in [-0.25, -0.2) is 0 Å². The Balaban J connectivity index is 2.22. The van der Waals surface area contributed by atoms with E-state index < -0.39 is 0 Å². The first-order chi connectivity index (χ1) is 8.79. The van der Waals surface area contributed by atoms with Crippen LogP contribution in [-0.4, -0.2) is 6.61 Å². The molecule has 1 aromatic rings. The Kier molecular flexibility index (Phi) is 4.37. The van der Waals surface area contributed by atoms with Crippen molar-refractivity contribution in [2.45, 2.75) is 45.9 Å². The van der Waals surface area contributed by atoms with Crippen LogP contribution in [0.3, 0.4) is 0 Å². The zero-order chi connectivity index (χ0) is 14.2. The molecule has 1 aliphatic rings. The van der Waals surface area contributed by atoms with Gasteiger partial charge in [-0.05, 0) is 35.4 Å². The van der Waals surface area contributed by atoms with E-state index in [1.807, 2.05) is 12.1 Å². The van der Waals surface area contributed by atoms with E-state index in [1.165, 1.54) is 5.56 Å². The first-order valence-electron chi connectivity index (χ1n) is 6.88. The summed E-state index contributed by atoms with van der Waals surface area (Å²) in [5, 5.41) is 0.716. The van der Waals surface area contributed by atoms with Crippen LogP contribution in [0.15, 0.2) is 12.1 Å². The molecule has 2 atom stereocenters. The molecule has 1 nitrogen and oxygen atoms in total. The number of benzene rings is 1. The minimum Gasteiger partial charge on any atom is -0.493 e. The van der Waals surface area contributed by atoms with E-state index >= 15 is 0 Å². The predicted octanol–water partition coefficient (Wildman–Crippen LogP) is 5.63. The van der Waals surface area contributed by atoms with Gasteiger partial charge in [-0.1, -0.05) is 39.3 Å². The van der Waals surface area contributed by atoms with Crippen molar-refractivity contribution in [3.8, 4) is 5.75 Å². The third kappa shape index (κ3) is 3.38. The van der Waals surface area contributed by atoms with Gasteiger partial charge < -0.3 is 4.74 Å². The second kappa shape index (κ2) is 5.54. The highest BCUT2D eigenvalue weighted by atomic mass is 35.5. The molecule has 0 N–H and O–H groups in total. The van der Waals surface area contributed by atoms with Crippen molar-refractivity contribution in [2.24, 2.45) is 11.3 Å². The van der Waals surface area contributed by atoms with Crippen LogP contribution in [0.5, 0.6) is 5.75 Å². The molecule has 1 aromatic carbocycles. The van der Waals surface area contributed by atoms with Gasteiger partial charge in [-0.2, -0.15) is 0 Å². The Morgan fingerprint density at radius 2 is 2.00 bits per heavy atom. The van der Waals surface area contributed by atoms with Gasteiger partial charge in [0.2, 0.25) is 0 Å². The average molecular weight is 301 g/mol. The Hall–Kier alpha value is -0.400. The fourth-order valence-corrected chi connectivity index (χ4v) is 3.00. The Bertz CT molecular complexity index is 463. The van der Waals surface area contributed by atoms with Crippen LogP contribution in [0.4, 0.5) is 0 Å². The van der Waals surface area contributed by atoms with Gasteiger partial charge in [-0.3, -0.25) is 0 Å². The zero-order valence-corrected chi connectivity index (χ0v) is 13.6. The Labute approximate surface area is 126 Å². The molecule has 3 heteroatoms. The van der Waals surface area contributed by atoms with E-state index in [2.05, 4.69) is 27.7 Å². The summed E-state index contributed by atoms with van der Waals surface area (Å²) in [6, 6.07) is 3.95. The molecule has 0 bridgehead atoms. The molecule has 106 valence electrons. The summed E-state index contributed by atoms with van der Waals surface area (Å²) in [4.78, 5) is 0. The second-order valence-electron chi connectivity index (χ2n) is 6.55. The van der Waals surface area contributed by atoms with Crippen molar-refractivity contribution in [3.63, 3.8) is 0 Å². The summed E-state index contributed by atoms with van der Waals surface area (Å²) in [5.74, 6) is 1.50. The molecule has 0 aromatic heterocycles. The fourth-order valence-electron chi connectivity index (χ4n) is 2.32. The Morgan fingerprint density at radius 3 is 2.63 bits per heavy atom. The van der Waals surface area contributed by atoms with Gasteiger partial charge in [0.15, 0.2) is 0 Å². The van der Waals surface area contributed by atoms with Crippen LogP contribution in [0.25, 0.3) is 0 Å². The van der Waals surface area contributed by atoms with Crippen molar-refractivity contribution in [1.29, 1.82) is 0 Å². The number of ether oxygens (including phenoxy) is 1. The molecule has 2 rings (SSSR count). The van der Waals surface area contributed by atoms with Crippen LogP contribution < -0.4 is 4.74 Å². The summed E-state index contributed by atoms with van der Waals surface area (Å²) in [6.45, 7) is 9.74. The van der Waals surface area contributed by atoms with Crippen LogP contribution in [-0.2, 0) is 6.42 Å². The molecule has 1 heterocycles. The van der Waals surface area contributed by atoms with Crippen LogP contribution in [0.1, 0.15) is 50.6 Å². The first kappa shape index (κ1) is 15.0. The van der Waals surface area contributed by atoms with Crippen molar-refractivity contribution < 1.29 is 4.74 Å². The predicted molar refractivity (Wildman–Crippen MR) is 82.5 cm³/mol. The number of hydrogen-bond acceptors (Lipinski definition) is 1. The van der Waals surface area contributed by atoms with Crippen molar-refractivity contribution >= 4 is 23.2 Å². The van der Waals surface area contributed by atoms with Crippen molar-refractivity contribution in [3.05, 3.63) is 28.3 Å². The van der Waals surface area contributed by atoms with E-state index in [-0.39, 0.29) is 10.8 Å². The molecule has 0 fully saturated rings. The van der Waals surface area contributed by atoms with Crippen LogP contribution in [0.2, 0.25) is 5.02 Å². The third-order valence-corrected chi connectivity index (χ3v) is 4.78. The lowest BCUT2D eigenvalue weighted by Gasteiger charge is -2.29. The number of halogens is 2. The van der Waals surface area contributed by atoms with Gasteiger partial charge in [0.25, 0.3) is 0 Å². The van der Waals surface area contributed by atoms with Crippen LogP contribution >= 0.6 is 23.2 Å². The minimum absolute atomic E-state index is 0.0419. The molecule has 0 aliphatic carbocycles. The maximum absolute atomic E-state index is 6.62. The number of fused-ring (bicyclic) bond motifs is 1. The zero-order valence-electron chi connectivity index (χ0n) is 12.1. The van der Waals surface area contributed by atoms with Crippen molar-refractivity contribution in [1.82, 2.24) is 0 Å². The maximum Gasteiger partial charge on any atom is 0.127 e. The van der Waals surface area contributed by atoms with E-state index in [0.29, 0.717) is 5.92 Å². The molecule has 0 amide bonds. The lowest BCUT2D eigenvalue weighted by atomic mass is 9.78.